The summed E-state index contributed by atoms with van der Waals surface area (Å²) in [6.45, 7) is 1.19. The monoisotopic (exact) mass is 416 g/mol. The van der Waals surface area contributed by atoms with Gasteiger partial charge in [-0.2, -0.15) is 5.10 Å². The third-order valence-corrected chi connectivity index (χ3v) is 5.07. The van der Waals surface area contributed by atoms with Crippen molar-refractivity contribution in [2.24, 2.45) is 0 Å². The Hall–Kier alpha value is -2.61. The number of aromatic amines is 1. The molecular weight excluding hydrogens is 400 g/mol. The lowest BCUT2D eigenvalue weighted by Crippen LogP contribution is -2.38. The van der Waals surface area contributed by atoms with Crippen LogP contribution >= 0.6 is 15.9 Å². The molecule has 1 aliphatic heterocycles. The number of furan rings is 1. The van der Waals surface area contributed by atoms with E-state index in [1.54, 1.807) is 21.6 Å². The molecule has 1 aromatic carbocycles. The molecule has 1 saturated heterocycles. The van der Waals surface area contributed by atoms with Crippen LogP contribution in [0, 0.1) is 0 Å². The zero-order valence-electron chi connectivity index (χ0n) is 13.9. The molecule has 0 aliphatic carbocycles. The fourth-order valence-corrected chi connectivity index (χ4v) is 3.64. The Balaban J connectivity index is 1.51. The second-order valence-corrected chi connectivity index (χ2v) is 7.01. The van der Waals surface area contributed by atoms with Gasteiger partial charge in [0.25, 0.3) is 5.91 Å². The minimum Gasteiger partial charge on any atom is -0.444 e. The SMILES string of the molecule is O=C(c1ccc(Br)o1)N1CCC(c2n[nH]c(=O)n2-c2ccccc2)CC1. The van der Waals surface area contributed by atoms with E-state index in [1.807, 2.05) is 30.3 Å². The smallest absolute Gasteiger partial charge is 0.347 e. The summed E-state index contributed by atoms with van der Waals surface area (Å²) >= 11 is 3.22. The minimum atomic E-state index is -0.245. The Labute approximate surface area is 157 Å². The standard InChI is InChI=1S/C18H17BrN4O3/c19-15-7-6-14(26-15)17(24)22-10-8-12(9-11-22)16-20-21-18(25)23(16)13-4-2-1-3-5-13/h1-7,12H,8-11H2,(H,21,25). The number of benzene rings is 1. The van der Waals surface area contributed by atoms with Crippen LogP contribution in [0.5, 0.6) is 0 Å². The summed E-state index contributed by atoms with van der Waals surface area (Å²) in [6, 6.07) is 12.8. The minimum absolute atomic E-state index is 0.113. The number of carbonyl (C=O) groups excluding carboxylic acids is 1. The maximum atomic E-state index is 12.5. The molecule has 4 rings (SSSR count). The largest absolute Gasteiger partial charge is 0.444 e. The number of nitrogens with one attached hydrogen (secondary N) is 1. The van der Waals surface area contributed by atoms with Crippen LogP contribution in [-0.2, 0) is 0 Å². The Morgan fingerprint density at radius 1 is 1.15 bits per heavy atom. The second-order valence-electron chi connectivity index (χ2n) is 6.23. The van der Waals surface area contributed by atoms with Crippen molar-refractivity contribution in [1.82, 2.24) is 19.7 Å². The van der Waals surface area contributed by atoms with Crippen molar-refractivity contribution in [1.29, 1.82) is 0 Å². The number of nitrogens with zero attached hydrogens (tertiary/aromatic N) is 3. The van der Waals surface area contributed by atoms with E-state index < -0.39 is 0 Å². The van der Waals surface area contributed by atoms with Crippen molar-refractivity contribution in [3.05, 3.63) is 69.2 Å². The summed E-state index contributed by atoms with van der Waals surface area (Å²) in [5.41, 5.74) is 0.547. The summed E-state index contributed by atoms with van der Waals surface area (Å²) in [4.78, 5) is 26.5. The summed E-state index contributed by atoms with van der Waals surface area (Å²) in [6.07, 6.45) is 1.48. The number of rotatable bonds is 3. The van der Waals surface area contributed by atoms with E-state index in [4.69, 9.17) is 4.42 Å². The van der Waals surface area contributed by atoms with Crippen LogP contribution in [0.4, 0.5) is 0 Å². The number of para-hydroxylation sites is 1. The first-order chi connectivity index (χ1) is 12.6. The highest BCUT2D eigenvalue weighted by Gasteiger charge is 2.29. The number of piperidine rings is 1. The van der Waals surface area contributed by atoms with E-state index in [1.165, 1.54) is 0 Å². The molecule has 0 atom stereocenters. The molecule has 8 heteroatoms. The third kappa shape index (κ3) is 3.12. The highest BCUT2D eigenvalue weighted by Crippen LogP contribution is 2.28. The molecule has 26 heavy (non-hydrogen) atoms. The van der Waals surface area contributed by atoms with E-state index >= 15 is 0 Å². The maximum Gasteiger partial charge on any atom is 0.347 e. The average molecular weight is 417 g/mol. The van der Waals surface area contributed by atoms with Crippen LogP contribution in [-0.4, -0.2) is 38.7 Å². The van der Waals surface area contributed by atoms with Crippen LogP contribution in [0.15, 0.2) is 56.3 Å². The van der Waals surface area contributed by atoms with Gasteiger partial charge in [-0.15, -0.1) is 0 Å². The van der Waals surface area contributed by atoms with E-state index in [-0.39, 0.29) is 17.5 Å². The predicted octanol–water partition coefficient (Wildman–Crippen LogP) is 2.94. The van der Waals surface area contributed by atoms with Gasteiger partial charge in [-0.1, -0.05) is 18.2 Å². The fourth-order valence-electron chi connectivity index (χ4n) is 3.34. The predicted molar refractivity (Wildman–Crippen MR) is 98.5 cm³/mol. The lowest BCUT2D eigenvalue weighted by atomic mass is 9.95. The summed E-state index contributed by atoms with van der Waals surface area (Å²) in [5, 5.41) is 6.80. The lowest BCUT2D eigenvalue weighted by Gasteiger charge is -2.31. The van der Waals surface area contributed by atoms with Gasteiger partial charge < -0.3 is 9.32 Å². The number of hydrogen-bond donors (Lipinski definition) is 1. The van der Waals surface area contributed by atoms with Crippen LogP contribution in [0.1, 0.15) is 35.1 Å². The normalized spacial score (nSPS) is 15.3. The van der Waals surface area contributed by atoms with E-state index in [9.17, 15) is 9.59 Å². The number of likely N-dealkylation sites (tertiary alicyclic amines) is 1. The molecule has 0 saturated carbocycles. The van der Waals surface area contributed by atoms with Crippen molar-refractivity contribution < 1.29 is 9.21 Å². The molecule has 134 valence electrons. The molecule has 0 bridgehead atoms. The number of aromatic nitrogens is 3. The second kappa shape index (κ2) is 6.95. The molecule has 0 unspecified atom stereocenters. The molecule has 1 aliphatic rings. The van der Waals surface area contributed by atoms with Crippen LogP contribution in [0.3, 0.4) is 0 Å². The third-order valence-electron chi connectivity index (χ3n) is 4.64. The number of hydrogen-bond acceptors (Lipinski definition) is 4. The molecule has 1 fully saturated rings. The van der Waals surface area contributed by atoms with Gasteiger partial charge in [0.1, 0.15) is 5.82 Å². The van der Waals surface area contributed by atoms with Crippen molar-refractivity contribution in [3.63, 3.8) is 0 Å². The van der Waals surface area contributed by atoms with Gasteiger partial charge in [0.15, 0.2) is 10.4 Å². The molecular formula is C18H17BrN4O3. The first-order valence-corrected chi connectivity index (χ1v) is 9.20. The van der Waals surface area contributed by atoms with Crippen LogP contribution in [0.25, 0.3) is 5.69 Å². The van der Waals surface area contributed by atoms with E-state index in [0.29, 0.717) is 29.3 Å². The fraction of sp³-hybridized carbons (Fsp3) is 0.278. The van der Waals surface area contributed by atoms with Crippen LogP contribution < -0.4 is 5.69 Å². The van der Waals surface area contributed by atoms with Crippen molar-refractivity contribution >= 4 is 21.8 Å². The molecule has 1 amide bonds. The van der Waals surface area contributed by atoms with Crippen molar-refractivity contribution in [2.45, 2.75) is 18.8 Å². The first kappa shape index (κ1) is 16.8. The van der Waals surface area contributed by atoms with E-state index in [0.717, 1.165) is 18.5 Å². The van der Waals surface area contributed by atoms with Crippen molar-refractivity contribution in [3.8, 4) is 5.69 Å². The zero-order valence-corrected chi connectivity index (χ0v) is 15.5. The molecule has 0 spiro atoms. The quantitative estimate of drug-likeness (QED) is 0.711. The Morgan fingerprint density at radius 2 is 1.88 bits per heavy atom. The molecule has 2 aromatic heterocycles. The van der Waals surface area contributed by atoms with E-state index in [2.05, 4.69) is 26.1 Å². The molecule has 7 nitrogen and oxygen atoms in total. The number of amides is 1. The lowest BCUT2D eigenvalue weighted by molar-refractivity contribution is 0.0677. The number of halogens is 1. The first-order valence-electron chi connectivity index (χ1n) is 8.41. The summed E-state index contributed by atoms with van der Waals surface area (Å²) in [7, 11) is 0. The highest BCUT2D eigenvalue weighted by molar-refractivity contribution is 9.10. The number of H-pyrrole nitrogens is 1. The van der Waals surface area contributed by atoms with Gasteiger partial charge in [0.05, 0.1) is 5.69 Å². The van der Waals surface area contributed by atoms with Crippen LogP contribution in [0.2, 0.25) is 0 Å². The van der Waals surface area contributed by atoms with Crippen molar-refractivity contribution in [2.75, 3.05) is 13.1 Å². The average Bonchev–Trinajstić information content (AvgIpc) is 3.28. The van der Waals surface area contributed by atoms with Gasteiger partial charge in [-0.05, 0) is 53.0 Å². The van der Waals surface area contributed by atoms with Gasteiger partial charge in [0, 0.05) is 19.0 Å². The Bertz CT molecular complexity index is 968. The Kier molecular flexibility index (Phi) is 4.50. The number of carbonyl (C=O) groups is 1. The van der Waals surface area contributed by atoms with Gasteiger partial charge in [-0.3, -0.25) is 4.79 Å². The zero-order chi connectivity index (χ0) is 18.1. The molecule has 3 heterocycles. The topological polar surface area (TPSA) is 84.1 Å². The molecule has 1 N–H and O–H groups in total. The van der Waals surface area contributed by atoms with Gasteiger partial charge in [-0.25, -0.2) is 14.5 Å². The Morgan fingerprint density at radius 3 is 2.54 bits per heavy atom. The maximum absolute atomic E-state index is 12.5. The molecule has 0 radical (unpaired) electrons. The van der Waals surface area contributed by atoms with Gasteiger partial charge in [0.2, 0.25) is 0 Å². The highest BCUT2D eigenvalue weighted by atomic mass is 79.9. The van der Waals surface area contributed by atoms with Gasteiger partial charge >= 0.3 is 5.69 Å². The molecule has 3 aromatic rings. The summed E-state index contributed by atoms with van der Waals surface area (Å²) in [5.74, 6) is 1.04. The summed E-state index contributed by atoms with van der Waals surface area (Å²) < 4.78 is 7.51.